The second kappa shape index (κ2) is 7.93. The Kier molecular flexibility index (Phi) is 6.16. The van der Waals surface area contributed by atoms with Crippen LogP contribution in [-0.2, 0) is 0 Å². The number of ether oxygens (including phenoxy) is 1. The maximum atomic E-state index is 11.9. The van der Waals surface area contributed by atoms with Crippen molar-refractivity contribution in [2.75, 3.05) is 12.4 Å². The number of benzene rings is 2. The molecule has 0 saturated carbocycles. The van der Waals surface area contributed by atoms with Gasteiger partial charge in [-0.25, -0.2) is 0 Å². The van der Waals surface area contributed by atoms with Crippen LogP contribution in [0.25, 0.3) is 0 Å². The lowest BCUT2D eigenvalue weighted by Gasteiger charge is -2.09. The second-order valence-corrected chi connectivity index (χ2v) is 3.52. The van der Waals surface area contributed by atoms with E-state index in [9.17, 15) is 4.79 Å². The van der Waals surface area contributed by atoms with E-state index in [2.05, 4.69) is 5.32 Å². The van der Waals surface area contributed by atoms with Gasteiger partial charge in [0, 0.05) is 5.56 Å². The molecule has 19 heavy (non-hydrogen) atoms. The lowest BCUT2D eigenvalue weighted by atomic mass is 10.2. The van der Waals surface area contributed by atoms with E-state index in [0.717, 1.165) is 0 Å². The lowest BCUT2D eigenvalue weighted by Crippen LogP contribution is -2.12. The highest BCUT2D eigenvalue weighted by molar-refractivity contribution is 6.04. The van der Waals surface area contributed by atoms with E-state index in [4.69, 9.17) is 4.74 Å². The summed E-state index contributed by atoms with van der Waals surface area (Å²) in [6, 6.07) is 16.4. The first-order chi connectivity index (χ1) is 9.31. The predicted octanol–water partition coefficient (Wildman–Crippen LogP) is 3.97. The van der Waals surface area contributed by atoms with Crippen molar-refractivity contribution in [2.45, 2.75) is 13.8 Å². The average Bonchev–Trinajstić information content (AvgIpc) is 2.50. The Labute approximate surface area is 114 Å². The first-order valence-corrected chi connectivity index (χ1v) is 6.30. The molecule has 0 saturated heterocycles. The molecule has 0 radical (unpaired) electrons. The number of hydrogen-bond acceptors (Lipinski definition) is 2. The number of amides is 1. The Balaban J connectivity index is 0.000000861. The molecule has 2 aromatic carbocycles. The molecule has 0 atom stereocenters. The van der Waals surface area contributed by atoms with Crippen molar-refractivity contribution in [1.29, 1.82) is 0 Å². The largest absolute Gasteiger partial charge is 0.495 e. The number of carbonyl (C=O) groups is 1. The summed E-state index contributed by atoms with van der Waals surface area (Å²) in [6.45, 7) is 4.00. The predicted molar refractivity (Wildman–Crippen MR) is 78.7 cm³/mol. The minimum Gasteiger partial charge on any atom is -0.495 e. The van der Waals surface area contributed by atoms with Crippen LogP contribution >= 0.6 is 0 Å². The van der Waals surface area contributed by atoms with Crippen LogP contribution in [0.15, 0.2) is 54.6 Å². The Morgan fingerprint density at radius 3 is 2.16 bits per heavy atom. The fourth-order valence-corrected chi connectivity index (χ4v) is 1.53. The summed E-state index contributed by atoms with van der Waals surface area (Å²) in [5, 5.41) is 2.81. The molecule has 1 N–H and O–H groups in total. The molecule has 2 aromatic rings. The van der Waals surface area contributed by atoms with Gasteiger partial charge in [0.05, 0.1) is 12.8 Å². The molecule has 3 heteroatoms. The molecule has 0 aromatic heterocycles. The summed E-state index contributed by atoms with van der Waals surface area (Å²) in [5.41, 5.74) is 1.29. The van der Waals surface area contributed by atoms with Gasteiger partial charge >= 0.3 is 0 Å². The zero-order valence-corrected chi connectivity index (χ0v) is 11.5. The third-order valence-electron chi connectivity index (χ3n) is 2.39. The third kappa shape index (κ3) is 4.14. The SMILES string of the molecule is CC.COc1ccccc1NC(=O)c1ccccc1. The Hall–Kier alpha value is -2.29. The van der Waals surface area contributed by atoms with Crippen LogP contribution in [0.2, 0.25) is 0 Å². The number of para-hydroxylation sites is 2. The van der Waals surface area contributed by atoms with Crippen molar-refractivity contribution in [2.24, 2.45) is 0 Å². The fourth-order valence-electron chi connectivity index (χ4n) is 1.53. The molecular weight excluding hydrogens is 238 g/mol. The van der Waals surface area contributed by atoms with Crippen LogP contribution in [-0.4, -0.2) is 13.0 Å². The second-order valence-electron chi connectivity index (χ2n) is 3.52. The highest BCUT2D eigenvalue weighted by Gasteiger charge is 2.07. The summed E-state index contributed by atoms with van der Waals surface area (Å²) >= 11 is 0. The molecule has 0 aliphatic carbocycles. The van der Waals surface area contributed by atoms with Gasteiger partial charge in [0.15, 0.2) is 0 Å². The van der Waals surface area contributed by atoms with E-state index in [-0.39, 0.29) is 5.91 Å². The van der Waals surface area contributed by atoms with Gasteiger partial charge in [0.1, 0.15) is 5.75 Å². The Morgan fingerprint density at radius 1 is 0.947 bits per heavy atom. The fraction of sp³-hybridized carbons (Fsp3) is 0.188. The van der Waals surface area contributed by atoms with E-state index >= 15 is 0 Å². The minimum atomic E-state index is -0.143. The summed E-state index contributed by atoms with van der Waals surface area (Å²) < 4.78 is 5.17. The molecule has 0 aliphatic heterocycles. The number of nitrogens with one attached hydrogen (secondary N) is 1. The first-order valence-electron chi connectivity index (χ1n) is 6.30. The van der Waals surface area contributed by atoms with E-state index in [1.807, 2.05) is 44.2 Å². The highest BCUT2D eigenvalue weighted by atomic mass is 16.5. The van der Waals surface area contributed by atoms with Crippen molar-refractivity contribution >= 4 is 11.6 Å². The number of anilines is 1. The van der Waals surface area contributed by atoms with E-state index < -0.39 is 0 Å². The Morgan fingerprint density at radius 2 is 1.53 bits per heavy atom. The van der Waals surface area contributed by atoms with Gasteiger partial charge in [-0.1, -0.05) is 44.2 Å². The number of carbonyl (C=O) groups excluding carboxylic acids is 1. The van der Waals surface area contributed by atoms with Crippen molar-refractivity contribution in [3.8, 4) is 5.75 Å². The molecule has 2 rings (SSSR count). The van der Waals surface area contributed by atoms with Crippen LogP contribution in [0.1, 0.15) is 24.2 Å². The van der Waals surface area contributed by atoms with Gasteiger partial charge < -0.3 is 10.1 Å². The highest BCUT2D eigenvalue weighted by Crippen LogP contribution is 2.23. The van der Waals surface area contributed by atoms with E-state index in [1.165, 1.54) is 0 Å². The maximum absolute atomic E-state index is 11.9. The van der Waals surface area contributed by atoms with E-state index in [1.54, 1.807) is 31.4 Å². The molecule has 0 aliphatic rings. The normalized spacial score (nSPS) is 9.00. The Bertz CT molecular complexity index is 509. The standard InChI is InChI=1S/C14H13NO2.C2H6/c1-17-13-10-6-5-9-12(13)15-14(16)11-7-3-2-4-8-11;1-2/h2-10H,1H3,(H,15,16);1-2H3. The van der Waals surface area contributed by atoms with Gasteiger partial charge in [-0.2, -0.15) is 0 Å². The monoisotopic (exact) mass is 257 g/mol. The molecule has 0 fully saturated rings. The van der Waals surface area contributed by atoms with Crippen molar-refractivity contribution in [3.63, 3.8) is 0 Å². The number of rotatable bonds is 3. The van der Waals surface area contributed by atoms with E-state index in [0.29, 0.717) is 17.0 Å². The van der Waals surface area contributed by atoms with Gasteiger partial charge in [-0.3, -0.25) is 4.79 Å². The lowest BCUT2D eigenvalue weighted by molar-refractivity contribution is 0.102. The maximum Gasteiger partial charge on any atom is 0.255 e. The topological polar surface area (TPSA) is 38.3 Å². The van der Waals surface area contributed by atoms with Crippen LogP contribution in [0, 0.1) is 0 Å². The number of hydrogen-bond donors (Lipinski definition) is 1. The van der Waals surface area contributed by atoms with Gasteiger partial charge in [-0.15, -0.1) is 0 Å². The molecule has 3 nitrogen and oxygen atoms in total. The molecular formula is C16H19NO2. The van der Waals surface area contributed by atoms with Gasteiger partial charge in [0.25, 0.3) is 5.91 Å². The molecule has 0 spiro atoms. The molecule has 0 heterocycles. The van der Waals surface area contributed by atoms with Crippen molar-refractivity contribution in [1.82, 2.24) is 0 Å². The summed E-state index contributed by atoms with van der Waals surface area (Å²) in [5.74, 6) is 0.506. The minimum absolute atomic E-state index is 0.143. The molecule has 100 valence electrons. The van der Waals surface area contributed by atoms with Crippen molar-refractivity contribution in [3.05, 3.63) is 60.2 Å². The van der Waals surface area contributed by atoms with Crippen molar-refractivity contribution < 1.29 is 9.53 Å². The van der Waals surface area contributed by atoms with Gasteiger partial charge in [-0.05, 0) is 24.3 Å². The van der Waals surface area contributed by atoms with Crippen LogP contribution in [0.3, 0.4) is 0 Å². The third-order valence-corrected chi connectivity index (χ3v) is 2.39. The van der Waals surface area contributed by atoms with Crippen LogP contribution in [0.4, 0.5) is 5.69 Å². The van der Waals surface area contributed by atoms with Crippen LogP contribution in [0.5, 0.6) is 5.75 Å². The molecule has 0 bridgehead atoms. The quantitative estimate of drug-likeness (QED) is 0.903. The van der Waals surface area contributed by atoms with Crippen LogP contribution < -0.4 is 10.1 Å². The first kappa shape index (κ1) is 14.8. The summed E-state index contributed by atoms with van der Waals surface area (Å²) in [4.78, 5) is 11.9. The number of methoxy groups -OCH3 is 1. The van der Waals surface area contributed by atoms with Gasteiger partial charge in [0.2, 0.25) is 0 Å². The average molecular weight is 257 g/mol. The molecule has 1 amide bonds. The zero-order valence-electron chi connectivity index (χ0n) is 11.5. The summed E-state index contributed by atoms with van der Waals surface area (Å²) in [6.07, 6.45) is 0. The smallest absolute Gasteiger partial charge is 0.255 e. The zero-order chi connectivity index (χ0) is 14.1. The molecule has 0 unspecified atom stereocenters. The summed E-state index contributed by atoms with van der Waals surface area (Å²) in [7, 11) is 1.58.